The Bertz CT molecular complexity index is 1260. The van der Waals surface area contributed by atoms with Crippen LogP contribution in [0, 0.1) is 0 Å². The zero-order valence-corrected chi connectivity index (χ0v) is 23.6. The number of carbonyl (C=O) groups excluding carboxylic acids is 1. The van der Waals surface area contributed by atoms with Crippen LogP contribution in [0.3, 0.4) is 0 Å². The van der Waals surface area contributed by atoms with Gasteiger partial charge < -0.3 is 13.9 Å². The summed E-state index contributed by atoms with van der Waals surface area (Å²) < 4.78 is 18.2. The van der Waals surface area contributed by atoms with Crippen molar-refractivity contribution in [1.82, 2.24) is 0 Å². The summed E-state index contributed by atoms with van der Waals surface area (Å²) in [6.07, 6.45) is 0.933. The van der Waals surface area contributed by atoms with Crippen molar-refractivity contribution in [3.05, 3.63) is 120 Å². The maximum atomic E-state index is 12.6. The quantitative estimate of drug-likeness (QED) is 0.130. The van der Waals surface area contributed by atoms with Gasteiger partial charge in [0.05, 0.1) is 18.8 Å². The molecule has 5 heteroatoms. The third-order valence-electron chi connectivity index (χ3n) is 6.57. The molecule has 0 atom stereocenters. The minimum Gasteiger partial charge on any atom is -0.494 e. The molecule has 0 amide bonds. The van der Waals surface area contributed by atoms with Crippen molar-refractivity contribution in [2.24, 2.45) is 0 Å². The molecule has 0 heterocycles. The summed E-state index contributed by atoms with van der Waals surface area (Å²) in [5, 5.41) is 2.40. The van der Waals surface area contributed by atoms with Crippen LogP contribution in [-0.2, 0) is 11.0 Å². The molecule has 0 radical (unpaired) electrons. The molecule has 0 saturated carbocycles. The van der Waals surface area contributed by atoms with Crippen molar-refractivity contribution < 1.29 is 18.7 Å². The lowest BCUT2D eigenvalue weighted by molar-refractivity contribution is 0.0734. The molecule has 0 aliphatic heterocycles. The van der Waals surface area contributed by atoms with Gasteiger partial charge in [0, 0.05) is 0 Å². The van der Waals surface area contributed by atoms with Crippen LogP contribution in [0.1, 0.15) is 50.0 Å². The third-order valence-corrected chi connectivity index (χ3v) is 11.6. The Hall–Kier alpha value is -3.67. The van der Waals surface area contributed by atoms with Gasteiger partial charge in [0.1, 0.15) is 11.5 Å². The number of rotatable bonds is 10. The van der Waals surface area contributed by atoms with E-state index in [1.54, 1.807) is 24.3 Å². The lowest BCUT2D eigenvalue weighted by Gasteiger charge is -2.43. The van der Waals surface area contributed by atoms with E-state index in [1.165, 1.54) is 10.4 Å². The van der Waals surface area contributed by atoms with E-state index in [9.17, 15) is 4.79 Å². The molecule has 0 aliphatic rings. The van der Waals surface area contributed by atoms with Gasteiger partial charge in [0.25, 0.3) is 8.32 Å². The molecule has 0 fully saturated rings. The number of ether oxygens (including phenoxy) is 2. The number of carbonyl (C=O) groups is 1. The molecule has 0 aromatic heterocycles. The molecule has 0 saturated heterocycles. The topological polar surface area (TPSA) is 44.8 Å². The molecule has 0 bridgehead atoms. The Balaban J connectivity index is 1.50. The number of esters is 1. The smallest absolute Gasteiger partial charge is 0.343 e. The number of hydrogen-bond acceptors (Lipinski definition) is 4. The Morgan fingerprint density at radius 1 is 0.711 bits per heavy atom. The van der Waals surface area contributed by atoms with Gasteiger partial charge in [-0.25, -0.2) is 4.79 Å². The molecule has 0 unspecified atom stereocenters. The van der Waals surface area contributed by atoms with Crippen LogP contribution in [0.5, 0.6) is 11.5 Å². The summed E-state index contributed by atoms with van der Waals surface area (Å²) >= 11 is 0. The molecule has 4 rings (SSSR count). The zero-order valence-electron chi connectivity index (χ0n) is 22.6. The summed E-state index contributed by atoms with van der Waals surface area (Å²) in [5.41, 5.74) is 1.50. The summed E-state index contributed by atoms with van der Waals surface area (Å²) in [6, 6.07) is 35.8. The monoisotopic (exact) mass is 524 g/mol. The van der Waals surface area contributed by atoms with E-state index in [0.717, 1.165) is 17.7 Å². The maximum Gasteiger partial charge on any atom is 0.343 e. The molecule has 4 aromatic carbocycles. The van der Waals surface area contributed by atoms with E-state index < -0.39 is 14.3 Å². The normalized spacial score (nSPS) is 11.7. The fraction of sp³-hybridized carbons (Fsp3) is 0.242. The summed E-state index contributed by atoms with van der Waals surface area (Å²) in [5.74, 6) is 0.840. The Morgan fingerprint density at radius 2 is 1.24 bits per heavy atom. The van der Waals surface area contributed by atoms with Gasteiger partial charge in [-0.05, 0) is 63.8 Å². The molecule has 0 aliphatic carbocycles. The zero-order chi connectivity index (χ0) is 27.0. The first-order valence-electron chi connectivity index (χ1n) is 13.1. The van der Waals surface area contributed by atoms with Crippen molar-refractivity contribution >= 4 is 24.7 Å². The molecule has 0 N–H and O–H groups in total. The highest BCUT2D eigenvalue weighted by molar-refractivity contribution is 6.99. The first-order valence-corrected chi connectivity index (χ1v) is 15.0. The highest BCUT2D eigenvalue weighted by Gasteiger charge is 2.50. The summed E-state index contributed by atoms with van der Waals surface area (Å²) in [6.45, 7) is 9.97. The van der Waals surface area contributed by atoms with Gasteiger partial charge in [0.15, 0.2) is 0 Å². The van der Waals surface area contributed by atoms with E-state index in [0.29, 0.717) is 24.5 Å². The van der Waals surface area contributed by atoms with Gasteiger partial charge in [0.2, 0.25) is 0 Å². The van der Waals surface area contributed by atoms with Crippen molar-refractivity contribution in [1.29, 1.82) is 0 Å². The largest absolute Gasteiger partial charge is 0.494 e. The van der Waals surface area contributed by atoms with Gasteiger partial charge >= 0.3 is 5.97 Å². The van der Waals surface area contributed by atoms with Gasteiger partial charge in [-0.2, -0.15) is 0 Å². The van der Waals surface area contributed by atoms with Crippen molar-refractivity contribution in [2.45, 2.75) is 45.8 Å². The predicted octanol–water partition coefficient (Wildman–Crippen LogP) is 6.77. The lowest BCUT2D eigenvalue weighted by Crippen LogP contribution is -2.66. The summed E-state index contributed by atoms with van der Waals surface area (Å²) in [7, 11) is -2.62. The second-order valence-electron chi connectivity index (χ2n) is 10.4. The van der Waals surface area contributed by atoms with E-state index >= 15 is 0 Å². The van der Waals surface area contributed by atoms with Crippen LogP contribution in [0.25, 0.3) is 0 Å². The molecular formula is C33H36O4Si. The summed E-state index contributed by atoms with van der Waals surface area (Å²) in [4.78, 5) is 12.6. The lowest BCUT2D eigenvalue weighted by atomic mass is 10.2. The highest BCUT2D eigenvalue weighted by atomic mass is 28.4. The SMILES string of the molecule is CCCOc1ccc(C(=O)Oc2ccc(CO[Si](c3ccccc3)(c3ccccc3)C(C)(C)C)cc2)cc1. The van der Waals surface area contributed by atoms with E-state index in [4.69, 9.17) is 13.9 Å². The number of benzene rings is 4. The van der Waals surface area contributed by atoms with E-state index in [2.05, 4.69) is 76.2 Å². The van der Waals surface area contributed by atoms with Crippen LogP contribution < -0.4 is 19.8 Å². The minimum absolute atomic E-state index is 0.0949. The standard InChI is InChI=1S/C33H36O4Si/c1-5-24-35-28-22-18-27(19-23-28)32(34)37-29-20-16-26(17-21-29)25-36-38(33(2,3)4,30-12-8-6-9-13-30)31-14-10-7-11-15-31/h6-23H,5,24-25H2,1-4H3. The maximum absolute atomic E-state index is 12.6. The van der Waals surface area contributed by atoms with Crippen LogP contribution in [-0.4, -0.2) is 20.9 Å². The van der Waals surface area contributed by atoms with Crippen molar-refractivity contribution in [3.63, 3.8) is 0 Å². The van der Waals surface area contributed by atoms with Crippen molar-refractivity contribution in [3.8, 4) is 11.5 Å². The fourth-order valence-corrected chi connectivity index (χ4v) is 9.22. The fourth-order valence-electron chi connectivity index (χ4n) is 4.68. The Morgan fingerprint density at radius 3 is 1.74 bits per heavy atom. The Labute approximate surface area is 227 Å². The molecule has 0 spiro atoms. The van der Waals surface area contributed by atoms with Crippen LogP contribution in [0.4, 0.5) is 0 Å². The van der Waals surface area contributed by atoms with Crippen molar-refractivity contribution in [2.75, 3.05) is 6.61 Å². The first-order chi connectivity index (χ1) is 18.3. The van der Waals surface area contributed by atoms with Crippen LogP contribution in [0.15, 0.2) is 109 Å². The molecule has 38 heavy (non-hydrogen) atoms. The molecule has 4 aromatic rings. The first kappa shape index (κ1) is 27.4. The van der Waals surface area contributed by atoms with Crippen LogP contribution >= 0.6 is 0 Å². The van der Waals surface area contributed by atoms with Gasteiger partial charge in [-0.3, -0.25) is 0 Å². The second-order valence-corrected chi connectivity index (χ2v) is 14.7. The van der Waals surface area contributed by atoms with E-state index in [-0.39, 0.29) is 5.04 Å². The second kappa shape index (κ2) is 12.2. The molecular weight excluding hydrogens is 488 g/mol. The van der Waals surface area contributed by atoms with Crippen LogP contribution in [0.2, 0.25) is 5.04 Å². The average molecular weight is 525 g/mol. The molecule has 4 nitrogen and oxygen atoms in total. The molecule has 196 valence electrons. The predicted molar refractivity (Wildman–Crippen MR) is 156 cm³/mol. The van der Waals surface area contributed by atoms with Gasteiger partial charge in [-0.1, -0.05) is 100 Å². The van der Waals surface area contributed by atoms with E-state index in [1.807, 2.05) is 36.4 Å². The Kier molecular flexibility index (Phi) is 8.82. The van der Waals surface area contributed by atoms with Gasteiger partial charge in [-0.15, -0.1) is 0 Å². The third kappa shape index (κ3) is 6.24. The average Bonchev–Trinajstić information content (AvgIpc) is 2.94. The minimum atomic E-state index is -2.62. The highest BCUT2D eigenvalue weighted by Crippen LogP contribution is 2.37. The number of hydrogen-bond donors (Lipinski definition) is 0.